The monoisotopic (exact) mass is 162 g/mol. The summed E-state index contributed by atoms with van der Waals surface area (Å²) in [5, 5.41) is 15.9. The van der Waals surface area contributed by atoms with E-state index in [4.69, 9.17) is 10.2 Å². The summed E-state index contributed by atoms with van der Waals surface area (Å²) in [6, 6.07) is 0. The molecule has 0 rings (SSSR count). The normalized spacial score (nSPS) is 8.73. The van der Waals surface area contributed by atoms with Crippen LogP contribution in [0.5, 0.6) is 0 Å². The SMILES string of the molecule is CCCCCCCO.CCO. The summed E-state index contributed by atoms with van der Waals surface area (Å²) < 4.78 is 0. The fourth-order valence-corrected chi connectivity index (χ4v) is 0.715. The Kier molecular flexibility index (Phi) is 20.2. The molecule has 2 nitrogen and oxygen atoms in total. The van der Waals surface area contributed by atoms with E-state index in [9.17, 15) is 0 Å². The van der Waals surface area contributed by atoms with Crippen LogP contribution < -0.4 is 0 Å². The third-order valence-electron chi connectivity index (χ3n) is 1.26. The quantitative estimate of drug-likeness (QED) is 0.607. The molecule has 11 heavy (non-hydrogen) atoms. The van der Waals surface area contributed by atoms with Crippen molar-refractivity contribution in [2.45, 2.75) is 46.0 Å². The van der Waals surface area contributed by atoms with Gasteiger partial charge in [0.1, 0.15) is 0 Å². The van der Waals surface area contributed by atoms with Crippen molar-refractivity contribution in [2.75, 3.05) is 13.2 Å². The van der Waals surface area contributed by atoms with Gasteiger partial charge in [-0.1, -0.05) is 32.6 Å². The molecule has 70 valence electrons. The van der Waals surface area contributed by atoms with Crippen LogP contribution in [-0.4, -0.2) is 23.4 Å². The molecule has 0 spiro atoms. The Hall–Kier alpha value is -0.0800. The van der Waals surface area contributed by atoms with Gasteiger partial charge in [-0.15, -0.1) is 0 Å². The van der Waals surface area contributed by atoms with Crippen LogP contribution in [0.25, 0.3) is 0 Å². The first-order valence-electron chi connectivity index (χ1n) is 4.55. The van der Waals surface area contributed by atoms with Crippen molar-refractivity contribution in [3.8, 4) is 0 Å². The van der Waals surface area contributed by atoms with Gasteiger partial charge in [0, 0.05) is 13.2 Å². The maximum atomic E-state index is 8.37. The zero-order valence-corrected chi connectivity index (χ0v) is 7.84. The summed E-state index contributed by atoms with van der Waals surface area (Å²) in [7, 11) is 0. The highest BCUT2D eigenvalue weighted by molar-refractivity contribution is 4.39. The predicted molar refractivity (Wildman–Crippen MR) is 48.6 cm³/mol. The molecule has 0 aromatic rings. The topological polar surface area (TPSA) is 40.5 Å². The lowest BCUT2D eigenvalue weighted by Gasteiger charge is -1.93. The Morgan fingerprint density at radius 2 is 1.27 bits per heavy atom. The van der Waals surface area contributed by atoms with Gasteiger partial charge >= 0.3 is 0 Å². The summed E-state index contributed by atoms with van der Waals surface area (Å²) in [6.45, 7) is 4.49. The summed E-state index contributed by atoms with van der Waals surface area (Å²) in [4.78, 5) is 0. The number of aliphatic hydroxyl groups excluding tert-OH is 2. The number of aliphatic hydroxyl groups is 2. The van der Waals surface area contributed by atoms with Crippen LogP contribution in [0.3, 0.4) is 0 Å². The van der Waals surface area contributed by atoms with Gasteiger partial charge in [-0.25, -0.2) is 0 Å². The largest absolute Gasteiger partial charge is 0.397 e. The van der Waals surface area contributed by atoms with Crippen LogP contribution in [0.1, 0.15) is 46.0 Å². The maximum absolute atomic E-state index is 8.37. The van der Waals surface area contributed by atoms with Gasteiger partial charge in [-0.2, -0.15) is 0 Å². The number of rotatable bonds is 5. The summed E-state index contributed by atoms with van der Waals surface area (Å²) in [5.41, 5.74) is 0. The molecule has 0 saturated carbocycles. The molecule has 0 saturated heterocycles. The average molecular weight is 162 g/mol. The van der Waals surface area contributed by atoms with Crippen LogP contribution in [0, 0.1) is 0 Å². The first kappa shape index (κ1) is 13.5. The fourth-order valence-electron chi connectivity index (χ4n) is 0.715. The predicted octanol–water partition coefficient (Wildman–Crippen LogP) is 1.95. The zero-order valence-electron chi connectivity index (χ0n) is 7.84. The third-order valence-corrected chi connectivity index (χ3v) is 1.26. The minimum Gasteiger partial charge on any atom is -0.397 e. The minimum atomic E-state index is 0.250. The van der Waals surface area contributed by atoms with Gasteiger partial charge in [-0.3, -0.25) is 0 Å². The molecule has 0 aliphatic heterocycles. The zero-order chi connectivity index (χ0) is 8.95. The summed E-state index contributed by atoms with van der Waals surface area (Å²) in [5.74, 6) is 0. The second kappa shape index (κ2) is 16.5. The molecule has 0 aromatic carbocycles. The molecule has 2 N–H and O–H groups in total. The van der Waals surface area contributed by atoms with Crippen LogP contribution >= 0.6 is 0 Å². The van der Waals surface area contributed by atoms with Gasteiger partial charge in [-0.05, 0) is 13.3 Å². The molecular weight excluding hydrogens is 140 g/mol. The van der Waals surface area contributed by atoms with Gasteiger partial charge in [0.2, 0.25) is 0 Å². The van der Waals surface area contributed by atoms with Crippen LogP contribution in [0.4, 0.5) is 0 Å². The fraction of sp³-hybridized carbons (Fsp3) is 1.00. The lowest BCUT2D eigenvalue weighted by Crippen LogP contribution is -1.81. The van der Waals surface area contributed by atoms with Crippen molar-refractivity contribution < 1.29 is 10.2 Å². The number of unbranched alkanes of at least 4 members (excludes halogenated alkanes) is 4. The lowest BCUT2D eigenvalue weighted by molar-refractivity contribution is 0.282. The van der Waals surface area contributed by atoms with E-state index >= 15 is 0 Å². The van der Waals surface area contributed by atoms with Crippen molar-refractivity contribution in [2.24, 2.45) is 0 Å². The van der Waals surface area contributed by atoms with Crippen molar-refractivity contribution in [1.82, 2.24) is 0 Å². The van der Waals surface area contributed by atoms with E-state index in [1.807, 2.05) is 0 Å². The van der Waals surface area contributed by atoms with E-state index in [0.29, 0.717) is 6.61 Å². The molecular formula is C9H22O2. The van der Waals surface area contributed by atoms with E-state index in [0.717, 1.165) is 6.42 Å². The molecule has 0 fully saturated rings. The highest BCUT2D eigenvalue weighted by atomic mass is 16.3. The molecule has 0 unspecified atom stereocenters. The van der Waals surface area contributed by atoms with Crippen molar-refractivity contribution in [1.29, 1.82) is 0 Å². The highest BCUT2D eigenvalue weighted by Gasteiger charge is 1.84. The van der Waals surface area contributed by atoms with E-state index in [1.54, 1.807) is 6.92 Å². The highest BCUT2D eigenvalue weighted by Crippen LogP contribution is 2.00. The summed E-state index contributed by atoms with van der Waals surface area (Å²) in [6.07, 6.45) is 6.08. The van der Waals surface area contributed by atoms with Gasteiger partial charge in [0.25, 0.3) is 0 Å². The molecule has 0 bridgehead atoms. The Bertz CT molecular complexity index is 40.8. The van der Waals surface area contributed by atoms with E-state index in [-0.39, 0.29) is 6.61 Å². The molecule has 0 atom stereocenters. The number of hydrogen-bond acceptors (Lipinski definition) is 2. The van der Waals surface area contributed by atoms with E-state index < -0.39 is 0 Å². The maximum Gasteiger partial charge on any atom is 0.0431 e. The molecule has 0 aromatic heterocycles. The second-order valence-electron chi connectivity index (χ2n) is 2.45. The number of hydrogen-bond donors (Lipinski definition) is 2. The standard InChI is InChI=1S/C7H16O.C2H6O/c1-2-3-4-5-6-7-8;1-2-3/h8H,2-7H2,1H3;3H,2H2,1H3. The smallest absolute Gasteiger partial charge is 0.0431 e. The molecule has 0 heterocycles. The van der Waals surface area contributed by atoms with Crippen LogP contribution in [0.15, 0.2) is 0 Å². The molecule has 0 radical (unpaired) electrons. The Morgan fingerprint density at radius 3 is 1.64 bits per heavy atom. The van der Waals surface area contributed by atoms with Crippen molar-refractivity contribution in [3.05, 3.63) is 0 Å². The Morgan fingerprint density at radius 1 is 0.818 bits per heavy atom. The van der Waals surface area contributed by atoms with Crippen molar-refractivity contribution >= 4 is 0 Å². The van der Waals surface area contributed by atoms with Crippen LogP contribution in [-0.2, 0) is 0 Å². The van der Waals surface area contributed by atoms with Gasteiger partial charge < -0.3 is 10.2 Å². The Labute approximate surface area is 70.3 Å². The summed E-state index contributed by atoms with van der Waals surface area (Å²) >= 11 is 0. The lowest BCUT2D eigenvalue weighted by atomic mass is 10.2. The van der Waals surface area contributed by atoms with E-state index in [1.165, 1.54) is 25.7 Å². The Balaban J connectivity index is 0. The van der Waals surface area contributed by atoms with Gasteiger partial charge in [0.15, 0.2) is 0 Å². The molecule has 0 amide bonds. The first-order valence-corrected chi connectivity index (χ1v) is 4.55. The first-order chi connectivity index (χ1) is 5.33. The minimum absolute atomic E-state index is 0.250. The third kappa shape index (κ3) is 25.7. The van der Waals surface area contributed by atoms with Crippen molar-refractivity contribution in [3.63, 3.8) is 0 Å². The van der Waals surface area contributed by atoms with Crippen LogP contribution in [0.2, 0.25) is 0 Å². The molecule has 0 aliphatic rings. The van der Waals surface area contributed by atoms with E-state index in [2.05, 4.69) is 6.92 Å². The average Bonchev–Trinajstić information content (AvgIpc) is 2.00. The molecule has 0 aliphatic carbocycles. The van der Waals surface area contributed by atoms with Gasteiger partial charge in [0.05, 0.1) is 0 Å². The second-order valence-corrected chi connectivity index (χ2v) is 2.45. The molecule has 2 heteroatoms.